The highest BCUT2D eigenvalue weighted by molar-refractivity contribution is 7.99. The molecule has 2 N–H and O–H groups in total. The van der Waals surface area contributed by atoms with Crippen LogP contribution in [0.15, 0.2) is 11.6 Å². The minimum atomic E-state index is -1.22. The molecule has 0 amide bonds. The van der Waals surface area contributed by atoms with Gasteiger partial charge in [-0.3, -0.25) is 5.73 Å². The topological polar surface area (TPSA) is 26.0 Å². The number of alkyl halides is 1. The molecule has 1 aliphatic rings. The monoisotopic (exact) mass is 147 g/mol. The zero-order chi connectivity index (χ0) is 6.69. The Hall–Kier alpha value is -0.0200. The summed E-state index contributed by atoms with van der Waals surface area (Å²) in [6.07, 6.45) is 1.49. The molecule has 1 unspecified atom stereocenters. The van der Waals surface area contributed by atoms with Gasteiger partial charge in [-0.1, -0.05) is 6.08 Å². The van der Waals surface area contributed by atoms with E-state index in [1.165, 1.54) is 0 Å². The van der Waals surface area contributed by atoms with Gasteiger partial charge in [0.05, 0.1) is 0 Å². The highest BCUT2D eigenvalue weighted by Gasteiger charge is 2.09. The molecule has 0 spiro atoms. The van der Waals surface area contributed by atoms with Gasteiger partial charge in [-0.15, -0.1) is 0 Å². The predicted molar refractivity (Wildman–Crippen MR) is 39.1 cm³/mol. The van der Waals surface area contributed by atoms with Crippen molar-refractivity contribution in [1.82, 2.24) is 0 Å². The highest BCUT2D eigenvalue weighted by Crippen LogP contribution is 2.18. The predicted octanol–water partition coefficient (Wildman–Crippen LogP) is 1.30. The maximum atomic E-state index is 12.3. The van der Waals surface area contributed by atoms with E-state index >= 15 is 0 Å². The minimum Gasteiger partial charge on any atom is -0.298 e. The van der Waals surface area contributed by atoms with Crippen molar-refractivity contribution in [2.45, 2.75) is 12.7 Å². The van der Waals surface area contributed by atoms with Gasteiger partial charge in [0.15, 0.2) is 6.30 Å². The molecule has 0 saturated carbocycles. The molecule has 0 aliphatic carbocycles. The fourth-order valence-corrected chi connectivity index (χ4v) is 1.67. The smallest absolute Gasteiger partial charge is 0.170 e. The first-order valence-electron chi connectivity index (χ1n) is 2.97. The van der Waals surface area contributed by atoms with Crippen molar-refractivity contribution in [3.63, 3.8) is 0 Å². The molecule has 1 rings (SSSR count). The van der Waals surface area contributed by atoms with Crippen LogP contribution >= 0.6 is 11.8 Å². The van der Waals surface area contributed by atoms with Crippen molar-refractivity contribution < 1.29 is 4.39 Å². The third kappa shape index (κ3) is 1.99. The summed E-state index contributed by atoms with van der Waals surface area (Å²) >= 11 is 1.82. The lowest BCUT2D eigenvalue weighted by atomic mass is 10.2. The zero-order valence-electron chi connectivity index (χ0n) is 5.14. The number of rotatable bonds is 1. The second-order valence-electron chi connectivity index (χ2n) is 2.01. The third-order valence-electron chi connectivity index (χ3n) is 1.35. The second-order valence-corrected chi connectivity index (χ2v) is 3.16. The van der Waals surface area contributed by atoms with Crippen molar-refractivity contribution in [3.8, 4) is 0 Å². The molecule has 1 atom stereocenters. The molecule has 0 radical (unpaired) electrons. The zero-order valence-corrected chi connectivity index (χ0v) is 5.96. The molecule has 1 heterocycles. The lowest BCUT2D eigenvalue weighted by molar-refractivity contribution is 0.386. The summed E-state index contributed by atoms with van der Waals surface area (Å²) in [6.45, 7) is 0. The van der Waals surface area contributed by atoms with Gasteiger partial charge in [0, 0.05) is 5.75 Å². The van der Waals surface area contributed by atoms with E-state index in [-0.39, 0.29) is 0 Å². The summed E-state index contributed by atoms with van der Waals surface area (Å²) in [7, 11) is 0. The summed E-state index contributed by atoms with van der Waals surface area (Å²) in [5.41, 5.74) is 5.79. The molecule has 0 fully saturated rings. The maximum absolute atomic E-state index is 12.3. The molecule has 52 valence electrons. The van der Waals surface area contributed by atoms with E-state index in [0.29, 0.717) is 0 Å². The molecule has 0 saturated heterocycles. The lowest BCUT2D eigenvalue weighted by Crippen LogP contribution is -2.18. The van der Waals surface area contributed by atoms with Gasteiger partial charge >= 0.3 is 0 Å². The van der Waals surface area contributed by atoms with Crippen molar-refractivity contribution in [1.29, 1.82) is 0 Å². The van der Waals surface area contributed by atoms with E-state index in [4.69, 9.17) is 5.73 Å². The van der Waals surface area contributed by atoms with Gasteiger partial charge in [-0.2, -0.15) is 11.8 Å². The van der Waals surface area contributed by atoms with Crippen LogP contribution in [0.1, 0.15) is 6.42 Å². The molecule has 3 heteroatoms. The molecule has 0 aromatic heterocycles. The lowest BCUT2D eigenvalue weighted by Gasteiger charge is -2.12. The fraction of sp³-hybridized carbons (Fsp3) is 0.667. The Bertz CT molecular complexity index is 122. The Morgan fingerprint density at radius 3 is 2.89 bits per heavy atom. The van der Waals surface area contributed by atoms with Crippen LogP contribution in [0.5, 0.6) is 0 Å². The van der Waals surface area contributed by atoms with E-state index in [0.717, 1.165) is 23.5 Å². The number of thioether (sulfide) groups is 1. The fourth-order valence-electron chi connectivity index (χ4n) is 0.792. The van der Waals surface area contributed by atoms with Crippen LogP contribution in [-0.4, -0.2) is 17.8 Å². The Labute approximate surface area is 58.5 Å². The SMILES string of the molecule is NC(F)C1=CCSCC1. The standard InChI is InChI=1S/C6H10FNS/c7-6(8)5-1-3-9-4-2-5/h1,6H,2-4,8H2. The van der Waals surface area contributed by atoms with Gasteiger partial charge in [0.2, 0.25) is 0 Å². The first-order chi connectivity index (χ1) is 4.30. The third-order valence-corrected chi connectivity index (χ3v) is 2.25. The van der Waals surface area contributed by atoms with Gasteiger partial charge in [-0.25, -0.2) is 4.39 Å². The minimum absolute atomic E-state index is 0.772. The summed E-state index contributed by atoms with van der Waals surface area (Å²) < 4.78 is 12.3. The molecular weight excluding hydrogens is 137 g/mol. The molecule has 0 bridgehead atoms. The Morgan fingerprint density at radius 2 is 2.56 bits per heavy atom. The summed E-state index contributed by atoms with van der Waals surface area (Å²) in [4.78, 5) is 0. The Morgan fingerprint density at radius 1 is 1.78 bits per heavy atom. The average molecular weight is 147 g/mol. The van der Waals surface area contributed by atoms with Crippen LogP contribution in [0.4, 0.5) is 4.39 Å². The van der Waals surface area contributed by atoms with E-state index in [1.54, 1.807) is 0 Å². The van der Waals surface area contributed by atoms with E-state index < -0.39 is 6.30 Å². The van der Waals surface area contributed by atoms with Crippen LogP contribution < -0.4 is 5.73 Å². The first kappa shape index (κ1) is 7.09. The summed E-state index contributed by atoms with van der Waals surface area (Å²) in [5, 5.41) is 0. The average Bonchev–Trinajstić information content (AvgIpc) is 1.90. The highest BCUT2D eigenvalue weighted by atomic mass is 32.2. The van der Waals surface area contributed by atoms with Crippen LogP contribution in [0.2, 0.25) is 0 Å². The molecular formula is C6H10FNS. The number of hydrogen-bond donors (Lipinski definition) is 1. The molecule has 1 aliphatic heterocycles. The van der Waals surface area contributed by atoms with E-state index in [1.807, 2.05) is 17.8 Å². The van der Waals surface area contributed by atoms with Crippen LogP contribution in [0.3, 0.4) is 0 Å². The maximum Gasteiger partial charge on any atom is 0.170 e. The van der Waals surface area contributed by atoms with Crippen molar-refractivity contribution >= 4 is 11.8 Å². The Kier molecular flexibility index (Phi) is 2.54. The second kappa shape index (κ2) is 3.22. The van der Waals surface area contributed by atoms with E-state index in [2.05, 4.69) is 0 Å². The van der Waals surface area contributed by atoms with E-state index in [9.17, 15) is 4.39 Å². The quantitative estimate of drug-likeness (QED) is 0.447. The molecule has 0 aromatic rings. The molecule has 1 nitrogen and oxygen atoms in total. The van der Waals surface area contributed by atoms with Gasteiger partial charge in [0.1, 0.15) is 0 Å². The van der Waals surface area contributed by atoms with Crippen LogP contribution in [-0.2, 0) is 0 Å². The molecule has 9 heavy (non-hydrogen) atoms. The normalized spacial score (nSPS) is 23.1. The van der Waals surface area contributed by atoms with Crippen LogP contribution in [0, 0.1) is 0 Å². The number of halogens is 1. The number of nitrogens with two attached hydrogens (primary N) is 1. The van der Waals surface area contributed by atoms with Crippen LogP contribution in [0.25, 0.3) is 0 Å². The van der Waals surface area contributed by atoms with Gasteiger partial charge in [0.25, 0.3) is 0 Å². The van der Waals surface area contributed by atoms with Crippen molar-refractivity contribution in [2.24, 2.45) is 5.73 Å². The number of hydrogen-bond acceptors (Lipinski definition) is 2. The van der Waals surface area contributed by atoms with Gasteiger partial charge in [-0.05, 0) is 17.7 Å². The van der Waals surface area contributed by atoms with Gasteiger partial charge < -0.3 is 0 Å². The summed E-state index contributed by atoms with van der Waals surface area (Å²) in [5.74, 6) is 1.94. The Balaban J connectivity index is 2.46. The first-order valence-corrected chi connectivity index (χ1v) is 4.12. The molecule has 0 aromatic carbocycles. The summed E-state index contributed by atoms with van der Waals surface area (Å²) in [6, 6.07) is 0. The van der Waals surface area contributed by atoms with Crippen molar-refractivity contribution in [3.05, 3.63) is 11.6 Å². The largest absolute Gasteiger partial charge is 0.298 e. The van der Waals surface area contributed by atoms with Crippen molar-refractivity contribution in [2.75, 3.05) is 11.5 Å².